The second-order valence-electron chi connectivity index (χ2n) is 7.39. The zero-order chi connectivity index (χ0) is 23.4. The van der Waals surface area contributed by atoms with Gasteiger partial charge in [0.25, 0.3) is 0 Å². The topological polar surface area (TPSA) is 199 Å². The molecule has 10 nitrogen and oxygen atoms in total. The number of fused-ring (bicyclic) bond motifs is 2. The van der Waals surface area contributed by atoms with Crippen LogP contribution in [0.4, 0.5) is 0 Å². The fraction of sp³-hybridized carbons (Fsp3) is 0.182. The van der Waals surface area contributed by atoms with E-state index in [2.05, 4.69) is 9.97 Å². The van der Waals surface area contributed by atoms with Gasteiger partial charge in [-0.15, -0.1) is 0 Å². The number of nitrogens with two attached hydrogens (primary N) is 2. The molecule has 0 aliphatic carbocycles. The van der Waals surface area contributed by atoms with E-state index in [9.17, 15) is 19.8 Å². The molecule has 2 heterocycles. The molecule has 0 radical (unpaired) electrons. The minimum absolute atomic E-state index is 0.150. The van der Waals surface area contributed by atoms with Gasteiger partial charge >= 0.3 is 11.9 Å². The van der Waals surface area contributed by atoms with Crippen LogP contribution < -0.4 is 11.5 Å². The highest BCUT2D eigenvalue weighted by molar-refractivity contribution is 5.86. The number of aliphatic carboxylic acids is 2. The van der Waals surface area contributed by atoms with Crippen molar-refractivity contribution < 1.29 is 30.0 Å². The van der Waals surface area contributed by atoms with Crippen molar-refractivity contribution in [3.05, 3.63) is 59.9 Å². The van der Waals surface area contributed by atoms with Gasteiger partial charge in [0.15, 0.2) is 0 Å². The van der Waals surface area contributed by atoms with Crippen LogP contribution in [-0.4, -0.2) is 54.4 Å². The minimum atomic E-state index is -1.03. The van der Waals surface area contributed by atoms with E-state index in [-0.39, 0.29) is 24.3 Å². The second-order valence-corrected chi connectivity index (χ2v) is 7.39. The molecule has 0 aliphatic heterocycles. The lowest BCUT2D eigenvalue weighted by Crippen LogP contribution is -2.32. The number of aromatic nitrogens is 2. The average Bonchev–Trinajstić information content (AvgIpc) is 3.32. The van der Waals surface area contributed by atoms with Crippen molar-refractivity contribution >= 4 is 33.7 Å². The quantitative estimate of drug-likeness (QED) is 0.221. The van der Waals surface area contributed by atoms with E-state index >= 15 is 0 Å². The van der Waals surface area contributed by atoms with Gasteiger partial charge in [0.05, 0.1) is 0 Å². The lowest BCUT2D eigenvalue weighted by atomic mass is 10.1. The number of aromatic amines is 2. The number of carbonyl (C=O) groups is 2. The Morgan fingerprint density at radius 2 is 1.12 bits per heavy atom. The number of rotatable bonds is 6. The van der Waals surface area contributed by atoms with Crippen molar-refractivity contribution in [2.75, 3.05) is 0 Å². The molecular formula is C22H24N4O6. The van der Waals surface area contributed by atoms with E-state index < -0.39 is 24.0 Å². The normalized spacial score (nSPS) is 12.8. The van der Waals surface area contributed by atoms with Crippen LogP contribution in [0.2, 0.25) is 0 Å². The van der Waals surface area contributed by atoms with Crippen molar-refractivity contribution in [2.45, 2.75) is 24.9 Å². The highest BCUT2D eigenvalue weighted by Crippen LogP contribution is 2.24. The highest BCUT2D eigenvalue weighted by atomic mass is 16.4. The zero-order valence-corrected chi connectivity index (χ0v) is 16.9. The molecule has 10 N–H and O–H groups in total. The number of benzene rings is 2. The summed E-state index contributed by atoms with van der Waals surface area (Å²) in [4.78, 5) is 27.3. The molecule has 0 bridgehead atoms. The molecule has 0 aliphatic rings. The maximum atomic E-state index is 10.6. The number of carboxylic acid groups (broad SMARTS) is 2. The summed E-state index contributed by atoms with van der Waals surface area (Å²) in [5.41, 5.74) is 14.2. The molecule has 4 rings (SSSR count). The van der Waals surface area contributed by atoms with Crippen molar-refractivity contribution in [3.8, 4) is 11.5 Å². The van der Waals surface area contributed by atoms with Gasteiger partial charge < -0.3 is 41.9 Å². The third-order valence-corrected chi connectivity index (χ3v) is 5.02. The summed E-state index contributed by atoms with van der Waals surface area (Å²) in [6.45, 7) is 0. The average molecular weight is 440 g/mol. The summed E-state index contributed by atoms with van der Waals surface area (Å²) in [5, 5.41) is 37.8. The van der Waals surface area contributed by atoms with Crippen LogP contribution in [0.5, 0.6) is 11.5 Å². The lowest BCUT2D eigenvalue weighted by Gasteiger charge is -2.04. The number of phenols is 2. The van der Waals surface area contributed by atoms with E-state index in [0.717, 1.165) is 32.9 Å². The monoisotopic (exact) mass is 440 g/mol. The fourth-order valence-electron chi connectivity index (χ4n) is 3.32. The predicted octanol–water partition coefficient (Wildman–Crippen LogP) is 1.66. The predicted molar refractivity (Wildman–Crippen MR) is 119 cm³/mol. The number of carboxylic acids is 2. The Kier molecular flexibility index (Phi) is 6.67. The zero-order valence-electron chi connectivity index (χ0n) is 16.9. The summed E-state index contributed by atoms with van der Waals surface area (Å²) in [5.74, 6) is -1.77. The molecule has 2 aromatic carbocycles. The minimum Gasteiger partial charge on any atom is -0.508 e. The summed E-state index contributed by atoms with van der Waals surface area (Å²) >= 11 is 0. The maximum absolute atomic E-state index is 10.6. The molecule has 0 spiro atoms. The van der Waals surface area contributed by atoms with Crippen LogP contribution in [0, 0.1) is 0 Å². The summed E-state index contributed by atoms with van der Waals surface area (Å²) in [6, 6.07) is 7.94. The Morgan fingerprint density at radius 3 is 1.47 bits per heavy atom. The van der Waals surface area contributed by atoms with Gasteiger partial charge in [-0.25, -0.2) is 0 Å². The number of H-pyrrole nitrogens is 2. The van der Waals surface area contributed by atoms with Gasteiger partial charge in [-0.05, 0) is 47.5 Å². The van der Waals surface area contributed by atoms with Crippen LogP contribution in [0.3, 0.4) is 0 Å². The van der Waals surface area contributed by atoms with Gasteiger partial charge in [0.1, 0.15) is 23.6 Å². The number of nitrogens with one attached hydrogen (secondary N) is 2. The molecule has 168 valence electrons. The Morgan fingerprint density at radius 1 is 0.750 bits per heavy atom. The Labute approximate surface area is 182 Å². The molecule has 0 unspecified atom stereocenters. The Bertz CT molecular complexity index is 1160. The Balaban J connectivity index is 0.000000181. The lowest BCUT2D eigenvalue weighted by molar-refractivity contribution is -0.139. The van der Waals surface area contributed by atoms with E-state index in [1.807, 2.05) is 0 Å². The standard InChI is InChI=1S/2C11H12N2O3/c2*12-9(11(15)16)3-6-5-13-10-2-1-7(14)4-8(6)10/h2*1-2,4-5,9,13-14H,3,12H2,(H,15,16)/t2*9-/m00/s1. The van der Waals surface area contributed by atoms with Crippen molar-refractivity contribution in [3.63, 3.8) is 0 Å². The first-order chi connectivity index (χ1) is 15.2. The van der Waals surface area contributed by atoms with Gasteiger partial charge in [-0.3, -0.25) is 9.59 Å². The molecular weight excluding hydrogens is 416 g/mol. The summed E-state index contributed by atoms with van der Waals surface area (Å²) in [7, 11) is 0. The van der Waals surface area contributed by atoms with Gasteiger partial charge in [-0.2, -0.15) is 0 Å². The van der Waals surface area contributed by atoms with Crippen LogP contribution in [0.15, 0.2) is 48.8 Å². The van der Waals surface area contributed by atoms with E-state index in [1.54, 1.807) is 48.8 Å². The fourth-order valence-corrected chi connectivity index (χ4v) is 3.32. The largest absolute Gasteiger partial charge is 0.508 e. The van der Waals surface area contributed by atoms with Gasteiger partial charge in [0.2, 0.25) is 0 Å². The molecule has 32 heavy (non-hydrogen) atoms. The Hall–Kier alpha value is -4.02. The first-order valence-corrected chi connectivity index (χ1v) is 9.70. The highest BCUT2D eigenvalue weighted by Gasteiger charge is 2.16. The maximum Gasteiger partial charge on any atom is 0.320 e. The van der Waals surface area contributed by atoms with E-state index in [4.69, 9.17) is 21.7 Å². The molecule has 2 atom stereocenters. The summed E-state index contributed by atoms with van der Waals surface area (Å²) < 4.78 is 0. The smallest absolute Gasteiger partial charge is 0.320 e. The first-order valence-electron chi connectivity index (χ1n) is 9.70. The number of hydrogen-bond acceptors (Lipinski definition) is 6. The van der Waals surface area contributed by atoms with Crippen LogP contribution in [0.25, 0.3) is 21.8 Å². The molecule has 0 saturated carbocycles. The third kappa shape index (κ3) is 5.17. The van der Waals surface area contributed by atoms with Crippen LogP contribution >= 0.6 is 0 Å². The number of aromatic hydroxyl groups is 2. The van der Waals surface area contributed by atoms with Crippen molar-refractivity contribution in [1.82, 2.24) is 9.97 Å². The molecule has 0 amide bonds. The molecule has 10 heteroatoms. The third-order valence-electron chi connectivity index (χ3n) is 5.02. The number of hydrogen-bond donors (Lipinski definition) is 8. The summed E-state index contributed by atoms with van der Waals surface area (Å²) in [6.07, 6.45) is 3.90. The molecule has 2 aromatic heterocycles. The molecule has 0 fully saturated rings. The van der Waals surface area contributed by atoms with Crippen molar-refractivity contribution in [1.29, 1.82) is 0 Å². The van der Waals surface area contributed by atoms with E-state index in [0.29, 0.717) is 0 Å². The van der Waals surface area contributed by atoms with Crippen LogP contribution in [-0.2, 0) is 22.4 Å². The molecule has 0 saturated heterocycles. The SMILES string of the molecule is N[C@@H](Cc1c[nH]c2ccc(O)cc12)C(=O)O.N[C@@H](Cc1c[nH]c2ccc(O)cc12)C(=O)O. The van der Waals surface area contributed by atoms with Gasteiger partial charge in [0, 0.05) is 47.0 Å². The number of phenolic OH excluding ortho intramolecular Hbond substituents is 2. The first kappa shape index (κ1) is 22.7. The second kappa shape index (κ2) is 9.41. The van der Waals surface area contributed by atoms with E-state index in [1.165, 1.54) is 0 Å². The molecule has 4 aromatic rings. The van der Waals surface area contributed by atoms with Crippen molar-refractivity contribution in [2.24, 2.45) is 11.5 Å². The van der Waals surface area contributed by atoms with Gasteiger partial charge in [-0.1, -0.05) is 0 Å². The van der Waals surface area contributed by atoms with Crippen LogP contribution in [0.1, 0.15) is 11.1 Å².